The Labute approximate surface area is 188 Å². The molecule has 0 spiro atoms. The highest BCUT2D eigenvalue weighted by Gasteiger charge is 2.34. The van der Waals surface area contributed by atoms with E-state index in [1.807, 2.05) is 37.3 Å². The molecule has 2 heterocycles. The highest BCUT2D eigenvalue weighted by Crippen LogP contribution is 2.33. The van der Waals surface area contributed by atoms with Crippen molar-refractivity contribution in [2.75, 3.05) is 12.4 Å². The number of aromatic nitrogens is 3. The summed E-state index contributed by atoms with van der Waals surface area (Å²) in [5, 5.41) is 7.11. The van der Waals surface area contributed by atoms with Crippen LogP contribution in [0.4, 0.5) is 5.13 Å². The van der Waals surface area contributed by atoms with Gasteiger partial charge in [-0.25, -0.2) is 4.98 Å². The highest BCUT2D eigenvalue weighted by atomic mass is 32.1. The summed E-state index contributed by atoms with van der Waals surface area (Å²) in [6.45, 7) is 2.06. The van der Waals surface area contributed by atoms with Gasteiger partial charge in [0.05, 0.1) is 23.0 Å². The molecular formula is C22H23N5O4S. The Morgan fingerprint density at radius 1 is 1.22 bits per heavy atom. The predicted octanol–water partition coefficient (Wildman–Crippen LogP) is 3.34. The van der Waals surface area contributed by atoms with E-state index >= 15 is 0 Å². The molecule has 4 rings (SSSR count). The molecule has 1 aliphatic rings. The zero-order valence-corrected chi connectivity index (χ0v) is 18.6. The second kappa shape index (κ2) is 9.39. The van der Waals surface area contributed by atoms with Crippen LogP contribution in [-0.4, -0.2) is 44.7 Å². The average molecular weight is 454 g/mol. The van der Waals surface area contributed by atoms with Gasteiger partial charge in [0.15, 0.2) is 10.9 Å². The van der Waals surface area contributed by atoms with E-state index in [0.717, 1.165) is 12.0 Å². The van der Waals surface area contributed by atoms with Crippen LogP contribution in [0.3, 0.4) is 0 Å². The van der Waals surface area contributed by atoms with Crippen LogP contribution in [-0.2, 0) is 22.6 Å². The lowest BCUT2D eigenvalue weighted by atomic mass is 9.89. The van der Waals surface area contributed by atoms with Gasteiger partial charge >= 0.3 is 0 Å². The molecule has 0 aliphatic heterocycles. The highest BCUT2D eigenvalue weighted by molar-refractivity contribution is 7.17. The molecule has 1 unspecified atom stereocenters. The maximum absolute atomic E-state index is 13.0. The Bertz CT molecular complexity index is 1140. The number of ketones is 1. The van der Waals surface area contributed by atoms with E-state index < -0.39 is 5.92 Å². The van der Waals surface area contributed by atoms with Gasteiger partial charge in [-0.2, -0.15) is 4.98 Å². The third kappa shape index (κ3) is 4.75. The first-order chi connectivity index (χ1) is 15.4. The summed E-state index contributed by atoms with van der Waals surface area (Å²) in [5.74, 6) is -0.189. The summed E-state index contributed by atoms with van der Waals surface area (Å²) < 4.78 is 5.29. The molecule has 2 amide bonds. The second-order valence-electron chi connectivity index (χ2n) is 7.69. The van der Waals surface area contributed by atoms with Crippen molar-refractivity contribution in [2.24, 2.45) is 5.92 Å². The summed E-state index contributed by atoms with van der Waals surface area (Å²) in [5.41, 5.74) is 1.39. The zero-order valence-electron chi connectivity index (χ0n) is 17.8. The van der Waals surface area contributed by atoms with E-state index in [9.17, 15) is 14.4 Å². The molecule has 2 aromatic heterocycles. The van der Waals surface area contributed by atoms with Crippen molar-refractivity contribution in [2.45, 2.75) is 39.2 Å². The molecule has 0 radical (unpaired) electrons. The summed E-state index contributed by atoms with van der Waals surface area (Å²) in [6, 6.07) is 9.42. The van der Waals surface area contributed by atoms with Crippen LogP contribution in [0.2, 0.25) is 0 Å². The number of benzene rings is 1. The van der Waals surface area contributed by atoms with Crippen molar-refractivity contribution in [3.05, 3.63) is 46.8 Å². The molecule has 1 aromatic carbocycles. The number of fused-ring (bicyclic) bond motifs is 1. The van der Waals surface area contributed by atoms with Crippen LogP contribution in [0.1, 0.15) is 47.4 Å². The molecule has 1 atom stereocenters. The Hall–Kier alpha value is -3.40. The number of thiazole rings is 1. The van der Waals surface area contributed by atoms with Crippen molar-refractivity contribution >= 4 is 34.1 Å². The molecule has 3 aromatic rings. The summed E-state index contributed by atoms with van der Waals surface area (Å²) in [7, 11) is 1.65. The molecule has 0 bridgehead atoms. The van der Waals surface area contributed by atoms with Gasteiger partial charge in [0.1, 0.15) is 0 Å². The maximum atomic E-state index is 13.0. The average Bonchev–Trinajstić information content (AvgIpc) is 3.41. The van der Waals surface area contributed by atoms with Gasteiger partial charge in [-0.3, -0.25) is 14.4 Å². The third-order valence-electron chi connectivity index (χ3n) is 5.14. The van der Waals surface area contributed by atoms with Crippen LogP contribution < -0.4 is 5.32 Å². The smallest absolute Gasteiger partial charge is 0.246 e. The SMILES string of the molecule is CCCC(=O)Nc1nc2c(s1)C(=O)CC(C(=O)N(C)Cc1nc(-c3ccccc3)no1)C2. The first-order valence-electron chi connectivity index (χ1n) is 10.4. The number of carbonyl (C=O) groups excluding carboxylic acids is 3. The number of nitrogens with zero attached hydrogens (tertiary/aromatic N) is 4. The van der Waals surface area contributed by atoms with Gasteiger partial charge in [-0.1, -0.05) is 53.7 Å². The van der Waals surface area contributed by atoms with Crippen LogP contribution in [0.5, 0.6) is 0 Å². The minimum atomic E-state index is -0.516. The first-order valence-corrected chi connectivity index (χ1v) is 11.2. The number of hydrogen-bond donors (Lipinski definition) is 1. The molecule has 166 valence electrons. The standard InChI is InChI=1S/C22H23N5O4S/c1-3-7-17(29)24-22-23-15-10-14(11-16(28)19(15)32-22)21(30)27(2)12-18-25-20(26-31-18)13-8-5-4-6-9-13/h4-6,8-9,14H,3,7,10-12H2,1-2H3,(H,23,24,29). The van der Waals surface area contributed by atoms with Crippen molar-refractivity contribution in [3.63, 3.8) is 0 Å². The summed E-state index contributed by atoms with van der Waals surface area (Å²) >= 11 is 1.17. The molecule has 32 heavy (non-hydrogen) atoms. The normalized spacial score (nSPS) is 15.3. The Balaban J connectivity index is 1.41. The lowest BCUT2D eigenvalue weighted by molar-refractivity contribution is -0.135. The first kappa shape index (κ1) is 21.8. The van der Waals surface area contributed by atoms with Gasteiger partial charge in [0.2, 0.25) is 23.5 Å². The fraction of sp³-hybridized carbons (Fsp3) is 0.364. The zero-order chi connectivity index (χ0) is 22.7. The quantitative estimate of drug-likeness (QED) is 0.583. The predicted molar refractivity (Wildman–Crippen MR) is 118 cm³/mol. The van der Waals surface area contributed by atoms with E-state index in [4.69, 9.17) is 4.52 Å². The van der Waals surface area contributed by atoms with Crippen LogP contribution in [0.25, 0.3) is 11.4 Å². The Morgan fingerprint density at radius 3 is 2.75 bits per heavy atom. The van der Waals surface area contributed by atoms with Crippen LogP contribution >= 0.6 is 11.3 Å². The van der Waals surface area contributed by atoms with Crippen molar-refractivity contribution in [1.29, 1.82) is 0 Å². The monoisotopic (exact) mass is 453 g/mol. The van der Waals surface area contributed by atoms with Gasteiger partial charge < -0.3 is 14.7 Å². The number of amides is 2. The van der Waals surface area contributed by atoms with E-state index in [1.165, 1.54) is 16.2 Å². The lowest BCUT2D eigenvalue weighted by Gasteiger charge is -2.24. The van der Waals surface area contributed by atoms with Gasteiger partial charge in [0.25, 0.3) is 0 Å². The van der Waals surface area contributed by atoms with E-state index in [2.05, 4.69) is 20.4 Å². The van der Waals surface area contributed by atoms with Crippen LogP contribution in [0.15, 0.2) is 34.9 Å². The third-order valence-corrected chi connectivity index (χ3v) is 6.20. The molecule has 0 saturated carbocycles. The minimum Gasteiger partial charge on any atom is -0.337 e. The molecule has 1 aliphatic carbocycles. The molecule has 1 N–H and O–H groups in total. The molecule has 9 nitrogen and oxygen atoms in total. The number of Topliss-reactive ketones (excluding diaryl/α,β-unsaturated/α-hetero) is 1. The number of hydrogen-bond acceptors (Lipinski definition) is 8. The van der Waals surface area contributed by atoms with Gasteiger partial charge in [-0.05, 0) is 6.42 Å². The Morgan fingerprint density at radius 2 is 2.00 bits per heavy atom. The van der Waals surface area contributed by atoms with Gasteiger partial charge in [-0.15, -0.1) is 0 Å². The van der Waals surface area contributed by atoms with Crippen LogP contribution in [0, 0.1) is 5.92 Å². The van der Waals surface area contributed by atoms with Crippen molar-refractivity contribution < 1.29 is 18.9 Å². The van der Waals surface area contributed by atoms with Crippen molar-refractivity contribution in [1.82, 2.24) is 20.0 Å². The second-order valence-corrected chi connectivity index (χ2v) is 8.69. The number of carbonyl (C=O) groups is 3. The summed E-state index contributed by atoms with van der Waals surface area (Å²) in [6.07, 6.45) is 1.58. The Kier molecular flexibility index (Phi) is 6.40. The number of nitrogens with one attached hydrogen (secondary N) is 1. The topological polar surface area (TPSA) is 118 Å². The molecular weight excluding hydrogens is 430 g/mol. The molecule has 0 fully saturated rings. The maximum Gasteiger partial charge on any atom is 0.246 e. The van der Waals surface area contributed by atoms with Crippen molar-refractivity contribution in [3.8, 4) is 11.4 Å². The molecule has 10 heteroatoms. The van der Waals surface area contributed by atoms with E-state index in [-0.39, 0.29) is 30.6 Å². The van der Waals surface area contributed by atoms with E-state index in [1.54, 1.807) is 7.05 Å². The number of anilines is 1. The lowest BCUT2D eigenvalue weighted by Crippen LogP contribution is -2.36. The molecule has 0 saturated heterocycles. The fourth-order valence-corrected chi connectivity index (χ4v) is 4.54. The largest absolute Gasteiger partial charge is 0.337 e. The minimum absolute atomic E-state index is 0.111. The van der Waals surface area contributed by atoms with Gasteiger partial charge in [0, 0.05) is 31.9 Å². The van der Waals surface area contributed by atoms with E-state index in [0.29, 0.717) is 40.3 Å². The fourth-order valence-electron chi connectivity index (χ4n) is 3.58. The number of rotatable bonds is 7. The summed E-state index contributed by atoms with van der Waals surface area (Å²) in [4.78, 5) is 48.2.